The Hall–Kier alpha value is -4.33. The zero-order chi connectivity index (χ0) is 25.2. The number of piperidine rings is 1. The fraction of sp³-hybridized carbons (Fsp3) is 0.250. The summed E-state index contributed by atoms with van der Waals surface area (Å²) in [5, 5.41) is 0. The summed E-state index contributed by atoms with van der Waals surface area (Å²) in [6.07, 6.45) is 1.03. The summed E-state index contributed by atoms with van der Waals surface area (Å²) in [7, 11) is 0. The predicted octanol–water partition coefficient (Wildman–Crippen LogP) is 3.20. The van der Waals surface area contributed by atoms with Crippen LogP contribution in [-0.4, -0.2) is 48.9 Å². The first kappa shape index (κ1) is 24.8. The molecular formula is C28H29N3O5. The first-order valence-electron chi connectivity index (χ1n) is 11.9. The Labute approximate surface area is 210 Å². The number of benzene rings is 3. The second kappa shape index (κ2) is 12.4. The highest BCUT2D eigenvalue weighted by Crippen LogP contribution is 2.29. The molecule has 1 aliphatic heterocycles. The van der Waals surface area contributed by atoms with Gasteiger partial charge in [0.2, 0.25) is 5.91 Å². The molecule has 8 nitrogen and oxygen atoms in total. The SMILES string of the molecule is O=C(COc1ccccc1-c1ccccc1)NNC(=O)C1CCN(C(=O)COc2ccccc2)CC1. The fourth-order valence-corrected chi connectivity index (χ4v) is 4.01. The molecular weight excluding hydrogens is 458 g/mol. The fourth-order valence-electron chi connectivity index (χ4n) is 4.01. The molecule has 3 aromatic rings. The van der Waals surface area contributed by atoms with E-state index in [4.69, 9.17) is 9.47 Å². The molecule has 3 amide bonds. The standard InChI is InChI=1S/C28H29N3O5/c32-26(19-36-25-14-8-7-13-24(25)21-9-3-1-4-10-21)29-30-28(34)22-15-17-31(18-16-22)27(33)20-35-23-11-5-2-6-12-23/h1-14,22H,15-20H2,(H,29,32)(H,30,34). The summed E-state index contributed by atoms with van der Waals surface area (Å²) in [5.41, 5.74) is 6.76. The van der Waals surface area contributed by atoms with Crippen LogP contribution >= 0.6 is 0 Å². The van der Waals surface area contributed by atoms with Crippen molar-refractivity contribution >= 4 is 17.7 Å². The molecule has 4 rings (SSSR count). The number of likely N-dealkylation sites (tertiary alicyclic amines) is 1. The maximum Gasteiger partial charge on any atom is 0.276 e. The van der Waals surface area contributed by atoms with Crippen molar-refractivity contribution in [2.75, 3.05) is 26.3 Å². The Balaban J connectivity index is 1.17. The van der Waals surface area contributed by atoms with E-state index >= 15 is 0 Å². The van der Waals surface area contributed by atoms with Gasteiger partial charge in [-0.05, 0) is 36.6 Å². The maximum atomic E-state index is 12.5. The Morgan fingerprint density at radius 3 is 2.11 bits per heavy atom. The summed E-state index contributed by atoms with van der Waals surface area (Å²) >= 11 is 0. The minimum atomic E-state index is -0.461. The molecule has 0 aromatic heterocycles. The van der Waals surface area contributed by atoms with E-state index in [0.717, 1.165) is 11.1 Å². The number of hydrogen-bond acceptors (Lipinski definition) is 5. The molecule has 8 heteroatoms. The van der Waals surface area contributed by atoms with Gasteiger partial charge >= 0.3 is 0 Å². The Morgan fingerprint density at radius 1 is 0.750 bits per heavy atom. The van der Waals surface area contributed by atoms with Crippen molar-refractivity contribution in [3.8, 4) is 22.6 Å². The van der Waals surface area contributed by atoms with Gasteiger partial charge in [0.1, 0.15) is 11.5 Å². The van der Waals surface area contributed by atoms with Crippen LogP contribution in [0.15, 0.2) is 84.9 Å². The third kappa shape index (κ3) is 6.85. The quantitative estimate of drug-likeness (QED) is 0.476. The maximum absolute atomic E-state index is 12.5. The molecule has 0 bridgehead atoms. The van der Waals surface area contributed by atoms with Gasteiger partial charge in [-0.3, -0.25) is 25.2 Å². The second-order valence-electron chi connectivity index (χ2n) is 8.45. The van der Waals surface area contributed by atoms with E-state index in [-0.39, 0.29) is 30.9 Å². The number of ether oxygens (including phenoxy) is 2. The lowest BCUT2D eigenvalue weighted by Crippen LogP contribution is -2.49. The summed E-state index contributed by atoms with van der Waals surface area (Å²) in [6, 6.07) is 26.4. The molecule has 0 saturated carbocycles. The number of para-hydroxylation sites is 2. The van der Waals surface area contributed by atoms with E-state index < -0.39 is 5.91 Å². The lowest BCUT2D eigenvalue weighted by molar-refractivity contribution is -0.138. The van der Waals surface area contributed by atoms with Gasteiger partial charge < -0.3 is 14.4 Å². The van der Waals surface area contributed by atoms with Gasteiger partial charge in [-0.15, -0.1) is 0 Å². The second-order valence-corrected chi connectivity index (χ2v) is 8.45. The minimum Gasteiger partial charge on any atom is -0.484 e. The van der Waals surface area contributed by atoms with Crippen molar-refractivity contribution < 1.29 is 23.9 Å². The number of rotatable bonds is 8. The topological polar surface area (TPSA) is 97.0 Å². The molecule has 0 unspecified atom stereocenters. The van der Waals surface area contributed by atoms with Crippen LogP contribution in [0.2, 0.25) is 0 Å². The van der Waals surface area contributed by atoms with Gasteiger partial charge in [0, 0.05) is 24.6 Å². The van der Waals surface area contributed by atoms with Gasteiger partial charge in [0.05, 0.1) is 0 Å². The summed E-state index contributed by atoms with van der Waals surface area (Å²) in [6.45, 7) is 0.646. The van der Waals surface area contributed by atoms with Crippen LogP contribution in [0, 0.1) is 5.92 Å². The predicted molar refractivity (Wildman–Crippen MR) is 135 cm³/mol. The Kier molecular flexibility index (Phi) is 8.53. The van der Waals surface area contributed by atoms with E-state index in [0.29, 0.717) is 37.4 Å². The van der Waals surface area contributed by atoms with Crippen LogP contribution in [0.1, 0.15) is 12.8 Å². The van der Waals surface area contributed by atoms with Crippen molar-refractivity contribution in [2.45, 2.75) is 12.8 Å². The molecule has 1 heterocycles. The highest BCUT2D eigenvalue weighted by atomic mass is 16.5. The van der Waals surface area contributed by atoms with E-state index in [1.165, 1.54) is 0 Å². The summed E-state index contributed by atoms with van der Waals surface area (Å²) in [4.78, 5) is 38.9. The molecule has 0 aliphatic carbocycles. The van der Waals surface area contributed by atoms with Crippen molar-refractivity contribution in [3.05, 3.63) is 84.9 Å². The normalized spacial score (nSPS) is 13.5. The smallest absolute Gasteiger partial charge is 0.276 e. The molecule has 0 radical (unpaired) electrons. The number of nitrogens with one attached hydrogen (secondary N) is 2. The van der Waals surface area contributed by atoms with Crippen LogP contribution in [0.25, 0.3) is 11.1 Å². The van der Waals surface area contributed by atoms with Gasteiger partial charge in [-0.2, -0.15) is 0 Å². The van der Waals surface area contributed by atoms with E-state index in [9.17, 15) is 14.4 Å². The minimum absolute atomic E-state index is 0.0374. The third-order valence-electron chi connectivity index (χ3n) is 5.98. The van der Waals surface area contributed by atoms with Gasteiger partial charge in [-0.25, -0.2) is 0 Å². The summed E-state index contributed by atoms with van der Waals surface area (Å²) < 4.78 is 11.2. The van der Waals surface area contributed by atoms with Crippen molar-refractivity contribution in [1.82, 2.24) is 15.8 Å². The molecule has 0 atom stereocenters. The largest absolute Gasteiger partial charge is 0.484 e. The molecule has 3 aromatic carbocycles. The highest BCUT2D eigenvalue weighted by Gasteiger charge is 2.27. The lowest BCUT2D eigenvalue weighted by Gasteiger charge is -2.31. The first-order valence-corrected chi connectivity index (χ1v) is 11.9. The van der Waals surface area contributed by atoms with E-state index in [2.05, 4.69) is 10.9 Å². The van der Waals surface area contributed by atoms with Crippen molar-refractivity contribution in [2.24, 2.45) is 5.92 Å². The molecule has 1 fully saturated rings. The van der Waals surface area contributed by atoms with Crippen molar-refractivity contribution in [3.63, 3.8) is 0 Å². The lowest BCUT2D eigenvalue weighted by atomic mass is 9.96. The Morgan fingerprint density at radius 2 is 1.39 bits per heavy atom. The van der Waals surface area contributed by atoms with Crippen LogP contribution in [0.4, 0.5) is 0 Å². The number of carbonyl (C=O) groups excluding carboxylic acids is 3. The molecule has 1 aliphatic rings. The zero-order valence-electron chi connectivity index (χ0n) is 19.9. The van der Waals surface area contributed by atoms with Gasteiger partial charge in [0.25, 0.3) is 11.8 Å². The van der Waals surface area contributed by atoms with Crippen LogP contribution in [-0.2, 0) is 14.4 Å². The molecule has 36 heavy (non-hydrogen) atoms. The average molecular weight is 488 g/mol. The van der Waals surface area contributed by atoms with Crippen molar-refractivity contribution in [1.29, 1.82) is 0 Å². The third-order valence-corrected chi connectivity index (χ3v) is 5.98. The van der Waals surface area contributed by atoms with Crippen LogP contribution in [0.3, 0.4) is 0 Å². The van der Waals surface area contributed by atoms with E-state index in [1.54, 1.807) is 23.1 Å². The van der Waals surface area contributed by atoms with Crippen LogP contribution < -0.4 is 20.3 Å². The van der Waals surface area contributed by atoms with Gasteiger partial charge in [0.15, 0.2) is 13.2 Å². The number of hydrazine groups is 1. The number of carbonyl (C=O) groups is 3. The molecule has 2 N–H and O–H groups in total. The van der Waals surface area contributed by atoms with E-state index in [1.807, 2.05) is 66.7 Å². The monoisotopic (exact) mass is 487 g/mol. The summed E-state index contributed by atoms with van der Waals surface area (Å²) in [5.74, 6) is 0.0856. The zero-order valence-corrected chi connectivity index (χ0v) is 19.9. The molecule has 0 spiro atoms. The number of hydrogen-bond donors (Lipinski definition) is 2. The highest BCUT2D eigenvalue weighted by molar-refractivity contribution is 5.84. The van der Waals surface area contributed by atoms with Crippen LogP contribution in [0.5, 0.6) is 11.5 Å². The number of amides is 3. The first-order chi connectivity index (χ1) is 17.6. The Bertz CT molecular complexity index is 1160. The molecule has 186 valence electrons. The molecule has 1 saturated heterocycles. The number of nitrogens with zero attached hydrogens (tertiary/aromatic N) is 1. The van der Waals surface area contributed by atoms with Gasteiger partial charge in [-0.1, -0.05) is 66.7 Å². The average Bonchev–Trinajstić information content (AvgIpc) is 2.94.